The Hall–Kier alpha value is -1.79. The first-order valence-corrected chi connectivity index (χ1v) is 8.84. The lowest BCUT2D eigenvalue weighted by Gasteiger charge is -2.09. The highest BCUT2D eigenvalue weighted by molar-refractivity contribution is 7.80. The van der Waals surface area contributed by atoms with Gasteiger partial charge in [-0.05, 0) is 48.1 Å². The van der Waals surface area contributed by atoms with E-state index in [0.717, 1.165) is 16.9 Å². The fourth-order valence-corrected chi connectivity index (χ4v) is 2.95. The van der Waals surface area contributed by atoms with Crippen LogP contribution < -0.4 is 10.6 Å². The van der Waals surface area contributed by atoms with Gasteiger partial charge in [-0.25, -0.2) is 0 Å². The van der Waals surface area contributed by atoms with Crippen LogP contribution in [0.4, 0.5) is 11.4 Å². The van der Waals surface area contributed by atoms with Crippen molar-refractivity contribution in [2.24, 2.45) is 0 Å². The van der Waals surface area contributed by atoms with E-state index in [-0.39, 0.29) is 0 Å². The van der Waals surface area contributed by atoms with Gasteiger partial charge in [-0.2, -0.15) is 5.10 Å². The second kappa shape index (κ2) is 8.06. The second-order valence-electron chi connectivity index (χ2n) is 5.26. The summed E-state index contributed by atoms with van der Waals surface area (Å²) in [7, 11) is 0. The molecule has 4 nitrogen and oxygen atoms in total. The smallest absolute Gasteiger partial charge is 0.175 e. The van der Waals surface area contributed by atoms with Crippen molar-refractivity contribution in [3.05, 3.63) is 75.5 Å². The lowest BCUT2D eigenvalue weighted by atomic mass is 10.2. The van der Waals surface area contributed by atoms with Crippen LogP contribution in [0.15, 0.2) is 54.9 Å². The standard InChI is InChI=1S/C17H13Cl3N4S/c18-12-2-1-3-13(7-12)22-17(25)23-14-8-21-24(10-14)9-11-4-5-15(19)16(20)6-11/h1-8,10H,9H2,(H2,22,23,25). The summed E-state index contributed by atoms with van der Waals surface area (Å²) in [6.07, 6.45) is 3.55. The zero-order chi connectivity index (χ0) is 17.8. The summed E-state index contributed by atoms with van der Waals surface area (Å²) in [5, 5.41) is 12.6. The predicted molar refractivity (Wildman–Crippen MR) is 109 cm³/mol. The Labute approximate surface area is 165 Å². The average molecular weight is 412 g/mol. The van der Waals surface area contributed by atoms with E-state index in [0.29, 0.717) is 26.7 Å². The third-order valence-corrected chi connectivity index (χ3v) is 4.48. The number of aromatic nitrogens is 2. The average Bonchev–Trinajstić information content (AvgIpc) is 2.98. The summed E-state index contributed by atoms with van der Waals surface area (Å²) in [4.78, 5) is 0. The Morgan fingerprint density at radius 1 is 1.00 bits per heavy atom. The molecule has 1 heterocycles. The molecule has 1 aromatic heterocycles. The van der Waals surface area contributed by atoms with Gasteiger partial charge in [0, 0.05) is 16.9 Å². The summed E-state index contributed by atoms with van der Waals surface area (Å²) in [6, 6.07) is 12.8. The van der Waals surface area contributed by atoms with E-state index in [4.69, 9.17) is 47.0 Å². The third-order valence-electron chi connectivity index (χ3n) is 3.30. The van der Waals surface area contributed by atoms with Crippen LogP contribution in [0.5, 0.6) is 0 Å². The number of rotatable bonds is 4. The zero-order valence-electron chi connectivity index (χ0n) is 12.8. The van der Waals surface area contributed by atoms with Crippen LogP contribution in [0.3, 0.4) is 0 Å². The zero-order valence-corrected chi connectivity index (χ0v) is 15.9. The maximum Gasteiger partial charge on any atom is 0.175 e. The molecule has 0 saturated carbocycles. The minimum Gasteiger partial charge on any atom is -0.332 e. The van der Waals surface area contributed by atoms with Crippen LogP contribution in [-0.4, -0.2) is 14.9 Å². The fourth-order valence-electron chi connectivity index (χ4n) is 2.20. The molecule has 0 fully saturated rings. The molecule has 8 heteroatoms. The molecule has 0 aliphatic heterocycles. The number of anilines is 2. The van der Waals surface area contributed by atoms with E-state index in [1.54, 1.807) is 29.1 Å². The van der Waals surface area contributed by atoms with E-state index in [1.165, 1.54) is 0 Å². The Balaban J connectivity index is 1.61. The predicted octanol–water partition coefficient (Wildman–Crippen LogP) is 5.70. The van der Waals surface area contributed by atoms with Crippen molar-refractivity contribution in [3.63, 3.8) is 0 Å². The molecule has 25 heavy (non-hydrogen) atoms. The summed E-state index contributed by atoms with van der Waals surface area (Å²) in [5.41, 5.74) is 2.59. The molecule has 0 amide bonds. The molecule has 2 aromatic carbocycles. The van der Waals surface area contributed by atoms with Crippen molar-refractivity contribution in [1.29, 1.82) is 0 Å². The first-order chi connectivity index (χ1) is 12.0. The van der Waals surface area contributed by atoms with E-state index in [1.807, 2.05) is 30.5 Å². The van der Waals surface area contributed by atoms with Gasteiger partial charge in [-0.3, -0.25) is 4.68 Å². The normalized spacial score (nSPS) is 10.5. The SMILES string of the molecule is S=C(Nc1cccc(Cl)c1)Nc1cnn(Cc2ccc(Cl)c(Cl)c2)c1. The van der Waals surface area contributed by atoms with Gasteiger partial charge in [0.05, 0.1) is 28.5 Å². The van der Waals surface area contributed by atoms with Gasteiger partial charge in [-0.1, -0.05) is 46.9 Å². The largest absolute Gasteiger partial charge is 0.332 e. The molecule has 0 atom stereocenters. The second-order valence-corrected chi connectivity index (χ2v) is 6.92. The lowest BCUT2D eigenvalue weighted by molar-refractivity contribution is 0.687. The van der Waals surface area contributed by atoms with Gasteiger partial charge in [-0.15, -0.1) is 0 Å². The van der Waals surface area contributed by atoms with Crippen molar-refractivity contribution >= 4 is 63.5 Å². The maximum atomic E-state index is 6.03. The summed E-state index contributed by atoms with van der Waals surface area (Å²) < 4.78 is 1.78. The van der Waals surface area contributed by atoms with Crippen LogP contribution in [0.1, 0.15) is 5.56 Å². The molecule has 0 spiro atoms. The van der Waals surface area contributed by atoms with Crippen molar-refractivity contribution < 1.29 is 0 Å². The lowest BCUT2D eigenvalue weighted by Crippen LogP contribution is -2.18. The Morgan fingerprint density at radius 3 is 2.56 bits per heavy atom. The Bertz CT molecular complexity index is 910. The first-order valence-electron chi connectivity index (χ1n) is 7.29. The molecular formula is C17H13Cl3N4S. The number of thiocarbonyl (C=S) groups is 1. The molecule has 0 bridgehead atoms. The van der Waals surface area contributed by atoms with E-state index < -0.39 is 0 Å². The number of nitrogens with zero attached hydrogens (tertiary/aromatic N) is 2. The fraction of sp³-hybridized carbons (Fsp3) is 0.0588. The molecule has 128 valence electrons. The van der Waals surface area contributed by atoms with Crippen LogP contribution in [-0.2, 0) is 6.54 Å². The van der Waals surface area contributed by atoms with Gasteiger partial charge in [0.1, 0.15) is 0 Å². The minimum atomic E-state index is 0.455. The molecule has 3 rings (SSSR count). The number of halogens is 3. The molecule has 0 radical (unpaired) electrons. The number of hydrogen-bond donors (Lipinski definition) is 2. The van der Waals surface area contributed by atoms with Gasteiger partial charge in [0.2, 0.25) is 0 Å². The third kappa shape index (κ3) is 5.09. The molecule has 2 N–H and O–H groups in total. The van der Waals surface area contributed by atoms with Crippen molar-refractivity contribution in [3.8, 4) is 0 Å². The highest BCUT2D eigenvalue weighted by Crippen LogP contribution is 2.23. The molecule has 3 aromatic rings. The molecule has 0 aliphatic rings. The quantitative estimate of drug-likeness (QED) is 0.540. The summed E-state index contributed by atoms with van der Waals surface area (Å²) in [5.74, 6) is 0. The summed E-state index contributed by atoms with van der Waals surface area (Å²) >= 11 is 23.2. The van der Waals surface area contributed by atoms with E-state index in [9.17, 15) is 0 Å². The Morgan fingerprint density at radius 2 is 1.80 bits per heavy atom. The number of nitrogens with one attached hydrogen (secondary N) is 2. The molecule has 0 saturated heterocycles. The molecule has 0 unspecified atom stereocenters. The van der Waals surface area contributed by atoms with Gasteiger partial charge in [0.25, 0.3) is 0 Å². The van der Waals surface area contributed by atoms with Crippen LogP contribution in [0.25, 0.3) is 0 Å². The summed E-state index contributed by atoms with van der Waals surface area (Å²) in [6.45, 7) is 0.576. The number of hydrogen-bond acceptors (Lipinski definition) is 2. The van der Waals surface area contributed by atoms with Gasteiger partial charge < -0.3 is 10.6 Å². The monoisotopic (exact) mass is 410 g/mol. The highest BCUT2D eigenvalue weighted by Gasteiger charge is 2.05. The molecule has 0 aliphatic carbocycles. The first kappa shape index (κ1) is 18.0. The van der Waals surface area contributed by atoms with Crippen molar-refractivity contribution in [2.45, 2.75) is 6.54 Å². The molecular weight excluding hydrogens is 399 g/mol. The van der Waals surface area contributed by atoms with E-state index in [2.05, 4.69) is 15.7 Å². The van der Waals surface area contributed by atoms with Crippen LogP contribution in [0, 0.1) is 0 Å². The topological polar surface area (TPSA) is 41.9 Å². The highest BCUT2D eigenvalue weighted by atomic mass is 35.5. The number of benzene rings is 2. The van der Waals surface area contributed by atoms with E-state index >= 15 is 0 Å². The minimum absolute atomic E-state index is 0.455. The van der Waals surface area contributed by atoms with Crippen LogP contribution in [0.2, 0.25) is 15.1 Å². The van der Waals surface area contributed by atoms with Crippen molar-refractivity contribution in [1.82, 2.24) is 9.78 Å². The van der Waals surface area contributed by atoms with Gasteiger partial charge in [0.15, 0.2) is 5.11 Å². The van der Waals surface area contributed by atoms with Crippen LogP contribution >= 0.6 is 47.0 Å². The maximum absolute atomic E-state index is 6.03. The van der Waals surface area contributed by atoms with Gasteiger partial charge >= 0.3 is 0 Å². The van der Waals surface area contributed by atoms with Crippen molar-refractivity contribution in [2.75, 3.05) is 10.6 Å². The Kier molecular flexibility index (Phi) is 5.81.